The van der Waals surface area contributed by atoms with Crippen LogP contribution in [0.3, 0.4) is 0 Å². The lowest BCUT2D eigenvalue weighted by molar-refractivity contribution is 0.0992. The Morgan fingerprint density at radius 2 is 1.81 bits per heavy atom. The fourth-order valence-corrected chi connectivity index (χ4v) is 2.60. The Balaban J connectivity index is 1.62. The van der Waals surface area contributed by atoms with Crippen molar-refractivity contribution in [1.82, 2.24) is 0 Å². The first kappa shape index (κ1) is 18.4. The second kappa shape index (κ2) is 7.85. The minimum atomic E-state index is -0.374. The molecule has 0 bridgehead atoms. The lowest BCUT2D eigenvalue weighted by Crippen LogP contribution is -2.10. The standard InChI is InChI=1S/C20H17Cl2NO3/c1-12-3-5-15(9-13(12)2)25-11-16-6-8-19(26-16)20(24)23-14-4-7-17(21)18(22)10-14/h3-10H,11H2,1-2H3,(H,23,24). The Labute approximate surface area is 161 Å². The van der Waals surface area contributed by atoms with E-state index in [1.54, 1.807) is 30.3 Å². The number of nitrogens with one attached hydrogen (secondary N) is 1. The second-order valence-electron chi connectivity index (χ2n) is 5.88. The fraction of sp³-hybridized carbons (Fsp3) is 0.150. The van der Waals surface area contributed by atoms with Crippen molar-refractivity contribution in [2.24, 2.45) is 0 Å². The zero-order valence-electron chi connectivity index (χ0n) is 14.3. The van der Waals surface area contributed by atoms with Gasteiger partial charge in [0.25, 0.3) is 5.91 Å². The van der Waals surface area contributed by atoms with Crippen LogP contribution in [-0.2, 0) is 6.61 Å². The summed E-state index contributed by atoms with van der Waals surface area (Å²) in [5, 5.41) is 3.50. The van der Waals surface area contributed by atoms with E-state index in [9.17, 15) is 4.79 Å². The molecule has 1 N–H and O–H groups in total. The monoisotopic (exact) mass is 389 g/mol. The van der Waals surface area contributed by atoms with Crippen molar-refractivity contribution in [1.29, 1.82) is 0 Å². The van der Waals surface area contributed by atoms with E-state index in [2.05, 4.69) is 5.32 Å². The van der Waals surface area contributed by atoms with Gasteiger partial charge in [0.15, 0.2) is 5.76 Å². The Bertz CT molecular complexity index is 950. The molecule has 1 aromatic heterocycles. The van der Waals surface area contributed by atoms with E-state index in [1.807, 2.05) is 32.0 Å². The van der Waals surface area contributed by atoms with Crippen molar-refractivity contribution in [2.45, 2.75) is 20.5 Å². The second-order valence-corrected chi connectivity index (χ2v) is 6.70. The van der Waals surface area contributed by atoms with E-state index in [0.717, 1.165) is 11.3 Å². The van der Waals surface area contributed by atoms with Crippen LogP contribution < -0.4 is 10.1 Å². The summed E-state index contributed by atoms with van der Waals surface area (Å²) in [7, 11) is 0. The molecule has 0 saturated heterocycles. The number of aryl methyl sites for hydroxylation is 2. The first-order valence-electron chi connectivity index (χ1n) is 7.97. The molecule has 1 heterocycles. The highest BCUT2D eigenvalue weighted by molar-refractivity contribution is 6.42. The maximum atomic E-state index is 12.3. The summed E-state index contributed by atoms with van der Waals surface area (Å²) in [6.45, 7) is 4.31. The molecular formula is C20H17Cl2NO3. The molecule has 0 aliphatic rings. The highest BCUT2D eigenvalue weighted by atomic mass is 35.5. The number of ether oxygens (including phenoxy) is 1. The highest BCUT2D eigenvalue weighted by Crippen LogP contribution is 2.25. The van der Waals surface area contributed by atoms with Gasteiger partial charge >= 0.3 is 0 Å². The minimum Gasteiger partial charge on any atom is -0.486 e. The average Bonchev–Trinajstić information content (AvgIpc) is 3.08. The van der Waals surface area contributed by atoms with Crippen molar-refractivity contribution in [3.63, 3.8) is 0 Å². The van der Waals surface area contributed by atoms with Crippen LogP contribution >= 0.6 is 23.2 Å². The number of hydrogen-bond acceptors (Lipinski definition) is 3. The Morgan fingerprint density at radius 3 is 2.54 bits per heavy atom. The van der Waals surface area contributed by atoms with E-state index < -0.39 is 0 Å². The first-order valence-corrected chi connectivity index (χ1v) is 8.73. The van der Waals surface area contributed by atoms with E-state index in [0.29, 0.717) is 21.5 Å². The van der Waals surface area contributed by atoms with Crippen LogP contribution in [0.4, 0.5) is 5.69 Å². The number of rotatable bonds is 5. The van der Waals surface area contributed by atoms with E-state index in [4.69, 9.17) is 32.4 Å². The fourth-order valence-electron chi connectivity index (χ4n) is 2.30. The van der Waals surface area contributed by atoms with Gasteiger partial charge in [0.1, 0.15) is 18.1 Å². The van der Waals surface area contributed by atoms with Gasteiger partial charge in [-0.15, -0.1) is 0 Å². The minimum absolute atomic E-state index is 0.190. The zero-order valence-corrected chi connectivity index (χ0v) is 15.8. The van der Waals surface area contributed by atoms with E-state index in [-0.39, 0.29) is 18.3 Å². The van der Waals surface area contributed by atoms with Gasteiger partial charge in [-0.3, -0.25) is 4.79 Å². The Morgan fingerprint density at radius 1 is 1.00 bits per heavy atom. The Hall–Kier alpha value is -2.43. The lowest BCUT2D eigenvalue weighted by atomic mass is 10.1. The summed E-state index contributed by atoms with van der Waals surface area (Å²) < 4.78 is 11.3. The van der Waals surface area contributed by atoms with Crippen LogP contribution in [0.5, 0.6) is 5.75 Å². The maximum Gasteiger partial charge on any atom is 0.291 e. The molecule has 0 atom stereocenters. The van der Waals surface area contributed by atoms with Gasteiger partial charge < -0.3 is 14.5 Å². The normalized spacial score (nSPS) is 10.6. The summed E-state index contributed by atoms with van der Waals surface area (Å²) in [6, 6.07) is 14.1. The predicted octanol–water partition coefficient (Wildman–Crippen LogP) is 6.03. The Kier molecular flexibility index (Phi) is 5.55. The summed E-state index contributed by atoms with van der Waals surface area (Å²) >= 11 is 11.8. The van der Waals surface area contributed by atoms with Crippen LogP contribution in [0.2, 0.25) is 10.0 Å². The zero-order chi connectivity index (χ0) is 18.7. The summed E-state index contributed by atoms with van der Waals surface area (Å²) in [5.74, 6) is 1.13. The van der Waals surface area contributed by atoms with Gasteiger partial charge in [0.2, 0.25) is 0 Å². The lowest BCUT2D eigenvalue weighted by Gasteiger charge is -2.07. The molecule has 0 spiro atoms. The number of halogens is 2. The third kappa shape index (κ3) is 4.40. The highest BCUT2D eigenvalue weighted by Gasteiger charge is 2.13. The number of carbonyl (C=O) groups excluding carboxylic acids is 1. The quantitative estimate of drug-likeness (QED) is 0.578. The first-order chi connectivity index (χ1) is 12.4. The molecule has 0 radical (unpaired) electrons. The van der Waals surface area contributed by atoms with Crippen molar-refractivity contribution in [2.75, 3.05) is 5.32 Å². The van der Waals surface area contributed by atoms with Crippen molar-refractivity contribution in [3.8, 4) is 5.75 Å². The summed E-state index contributed by atoms with van der Waals surface area (Å²) in [4.78, 5) is 12.3. The molecule has 0 unspecified atom stereocenters. The molecule has 4 nitrogen and oxygen atoms in total. The maximum absolute atomic E-state index is 12.3. The van der Waals surface area contributed by atoms with Gasteiger partial charge in [-0.25, -0.2) is 0 Å². The summed E-state index contributed by atoms with van der Waals surface area (Å²) in [6.07, 6.45) is 0. The molecule has 26 heavy (non-hydrogen) atoms. The van der Waals surface area contributed by atoms with Gasteiger partial charge in [-0.2, -0.15) is 0 Å². The van der Waals surface area contributed by atoms with Crippen LogP contribution in [0.15, 0.2) is 52.9 Å². The smallest absolute Gasteiger partial charge is 0.291 e. The largest absolute Gasteiger partial charge is 0.486 e. The molecule has 3 rings (SSSR count). The van der Waals surface area contributed by atoms with Gasteiger partial charge in [-0.05, 0) is 67.4 Å². The van der Waals surface area contributed by atoms with Crippen molar-refractivity contribution < 1.29 is 13.9 Å². The van der Waals surface area contributed by atoms with Gasteiger partial charge in [0.05, 0.1) is 10.0 Å². The molecule has 3 aromatic rings. The van der Waals surface area contributed by atoms with Gasteiger partial charge in [-0.1, -0.05) is 29.3 Å². The van der Waals surface area contributed by atoms with Crippen LogP contribution in [-0.4, -0.2) is 5.91 Å². The van der Waals surface area contributed by atoms with Crippen molar-refractivity contribution in [3.05, 3.63) is 81.2 Å². The molecule has 2 aromatic carbocycles. The molecule has 0 aliphatic carbocycles. The predicted molar refractivity (Wildman–Crippen MR) is 103 cm³/mol. The third-order valence-corrected chi connectivity index (χ3v) is 4.66. The van der Waals surface area contributed by atoms with Crippen LogP contribution in [0.1, 0.15) is 27.4 Å². The number of amides is 1. The average molecular weight is 390 g/mol. The number of furan rings is 1. The molecule has 134 valence electrons. The number of carbonyl (C=O) groups is 1. The molecule has 6 heteroatoms. The number of anilines is 1. The SMILES string of the molecule is Cc1ccc(OCc2ccc(C(=O)Nc3ccc(Cl)c(Cl)c3)o2)cc1C. The van der Waals surface area contributed by atoms with Crippen molar-refractivity contribution >= 4 is 34.8 Å². The molecule has 1 amide bonds. The van der Waals surface area contributed by atoms with E-state index >= 15 is 0 Å². The number of hydrogen-bond donors (Lipinski definition) is 1. The van der Waals surface area contributed by atoms with Gasteiger partial charge in [0, 0.05) is 5.69 Å². The van der Waals surface area contributed by atoms with E-state index in [1.165, 1.54) is 5.56 Å². The third-order valence-electron chi connectivity index (χ3n) is 3.92. The molecular weight excluding hydrogens is 373 g/mol. The number of benzene rings is 2. The molecule has 0 fully saturated rings. The molecule has 0 saturated carbocycles. The van der Waals surface area contributed by atoms with Crippen LogP contribution in [0.25, 0.3) is 0 Å². The topological polar surface area (TPSA) is 51.5 Å². The summed E-state index contributed by atoms with van der Waals surface area (Å²) in [5.41, 5.74) is 2.90. The molecule has 0 aliphatic heterocycles. The van der Waals surface area contributed by atoms with Crippen LogP contribution in [0, 0.1) is 13.8 Å².